The van der Waals surface area contributed by atoms with E-state index in [4.69, 9.17) is 20.8 Å². The third-order valence-electron chi connectivity index (χ3n) is 3.94. The van der Waals surface area contributed by atoms with Gasteiger partial charge in [-0.25, -0.2) is 4.98 Å². The number of methoxy groups -OCH3 is 1. The Bertz CT molecular complexity index is 1130. The Balaban J connectivity index is 1.78. The summed E-state index contributed by atoms with van der Waals surface area (Å²) >= 11 is 5.99. The molecule has 2 heterocycles. The summed E-state index contributed by atoms with van der Waals surface area (Å²) in [6, 6.07) is 13.2. The fourth-order valence-corrected chi connectivity index (χ4v) is 2.88. The van der Waals surface area contributed by atoms with Crippen LogP contribution in [-0.4, -0.2) is 22.0 Å². The number of rotatable bonds is 4. The fourth-order valence-electron chi connectivity index (χ4n) is 2.71. The molecule has 0 aliphatic heterocycles. The summed E-state index contributed by atoms with van der Waals surface area (Å²) in [7, 11) is 1.50. The fraction of sp³-hybridized carbons (Fsp3) is 0.0556. The molecule has 2 aromatic carbocycles. The van der Waals surface area contributed by atoms with Gasteiger partial charge in [-0.3, -0.25) is 10.1 Å². The molecule has 1 N–H and O–H groups in total. The van der Waals surface area contributed by atoms with Crippen LogP contribution in [0.5, 0.6) is 5.75 Å². The van der Waals surface area contributed by atoms with Gasteiger partial charge in [0.2, 0.25) is 0 Å². The van der Waals surface area contributed by atoms with E-state index >= 15 is 0 Å². The summed E-state index contributed by atoms with van der Waals surface area (Å²) in [5.74, 6) is 1.96. The molecule has 7 nitrogen and oxygen atoms in total. The van der Waals surface area contributed by atoms with E-state index in [2.05, 4.69) is 9.97 Å². The molecule has 0 atom stereocenters. The van der Waals surface area contributed by atoms with Crippen molar-refractivity contribution in [3.05, 3.63) is 63.7 Å². The summed E-state index contributed by atoms with van der Waals surface area (Å²) in [6.45, 7) is 0. The van der Waals surface area contributed by atoms with Gasteiger partial charge in [-0.15, -0.1) is 0 Å². The third kappa shape index (κ3) is 2.78. The van der Waals surface area contributed by atoms with Crippen LogP contribution in [-0.2, 0) is 0 Å². The van der Waals surface area contributed by atoms with Crippen LogP contribution in [0.2, 0.25) is 5.02 Å². The molecule has 8 heteroatoms. The lowest BCUT2D eigenvalue weighted by Gasteiger charge is -2.05. The molecule has 0 amide bonds. The standard InChI is InChI=1S/C18H12ClN3O4/c1-25-15-5-3-11(22(23)24)9-12(15)16-6-7-17(26-16)18-20-13-4-2-10(19)8-14(13)21-18/h2-9H,1H3,(H,20,21). The number of furan rings is 1. The van der Waals surface area contributed by atoms with Crippen LogP contribution in [0.4, 0.5) is 5.69 Å². The summed E-state index contributed by atoms with van der Waals surface area (Å²) < 4.78 is 11.2. The van der Waals surface area contributed by atoms with Crippen molar-refractivity contribution in [1.82, 2.24) is 9.97 Å². The first-order chi connectivity index (χ1) is 12.5. The monoisotopic (exact) mass is 369 g/mol. The molecule has 0 spiro atoms. The first-order valence-electron chi connectivity index (χ1n) is 7.63. The van der Waals surface area contributed by atoms with E-state index in [0.29, 0.717) is 33.7 Å². The Morgan fingerprint density at radius 1 is 1.15 bits per heavy atom. The summed E-state index contributed by atoms with van der Waals surface area (Å²) in [5, 5.41) is 11.7. The average molecular weight is 370 g/mol. The van der Waals surface area contributed by atoms with Gasteiger partial charge in [0, 0.05) is 17.2 Å². The van der Waals surface area contributed by atoms with Crippen molar-refractivity contribution in [2.24, 2.45) is 0 Å². The van der Waals surface area contributed by atoms with Gasteiger partial charge in [0.05, 0.1) is 28.6 Å². The minimum Gasteiger partial charge on any atom is -0.496 e. The van der Waals surface area contributed by atoms with E-state index in [9.17, 15) is 10.1 Å². The van der Waals surface area contributed by atoms with Gasteiger partial charge in [0.15, 0.2) is 11.6 Å². The van der Waals surface area contributed by atoms with E-state index < -0.39 is 4.92 Å². The number of nitro benzene ring substituents is 1. The number of aromatic amines is 1. The van der Waals surface area contributed by atoms with Crippen LogP contribution in [0, 0.1) is 10.1 Å². The third-order valence-corrected chi connectivity index (χ3v) is 4.18. The highest BCUT2D eigenvalue weighted by Gasteiger charge is 2.17. The molecule has 0 radical (unpaired) electrons. The zero-order valence-corrected chi connectivity index (χ0v) is 14.3. The Kier molecular flexibility index (Phi) is 3.85. The smallest absolute Gasteiger partial charge is 0.270 e. The van der Waals surface area contributed by atoms with Gasteiger partial charge in [0.1, 0.15) is 11.5 Å². The molecule has 0 fully saturated rings. The summed E-state index contributed by atoms with van der Waals surface area (Å²) in [6.07, 6.45) is 0. The van der Waals surface area contributed by atoms with Crippen molar-refractivity contribution >= 4 is 28.3 Å². The zero-order chi connectivity index (χ0) is 18.3. The van der Waals surface area contributed by atoms with Crippen molar-refractivity contribution in [2.45, 2.75) is 0 Å². The van der Waals surface area contributed by atoms with Gasteiger partial charge in [-0.2, -0.15) is 0 Å². The van der Waals surface area contributed by atoms with E-state index in [-0.39, 0.29) is 5.69 Å². The quantitative estimate of drug-likeness (QED) is 0.400. The van der Waals surface area contributed by atoms with Crippen LogP contribution < -0.4 is 4.74 Å². The van der Waals surface area contributed by atoms with Crippen LogP contribution in [0.25, 0.3) is 33.9 Å². The average Bonchev–Trinajstić information content (AvgIpc) is 3.27. The number of hydrogen-bond donors (Lipinski definition) is 1. The number of non-ortho nitro benzene ring substituents is 1. The SMILES string of the molecule is COc1ccc([N+](=O)[O-])cc1-c1ccc(-c2nc3ccc(Cl)cc3[nH]2)o1. The number of nitro groups is 1. The lowest BCUT2D eigenvalue weighted by atomic mass is 10.1. The first kappa shape index (κ1) is 16.2. The number of halogens is 1. The number of ether oxygens (including phenoxy) is 1. The second-order valence-electron chi connectivity index (χ2n) is 5.55. The normalized spacial score (nSPS) is 11.0. The van der Waals surface area contributed by atoms with E-state index in [1.807, 2.05) is 6.07 Å². The van der Waals surface area contributed by atoms with Gasteiger partial charge in [0.25, 0.3) is 5.69 Å². The largest absolute Gasteiger partial charge is 0.496 e. The molecule has 0 saturated carbocycles. The number of benzene rings is 2. The maximum Gasteiger partial charge on any atom is 0.270 e. The molecule has 4 aromatic rings. The van der Waals surface area contributed by atoms with E-state index in [1.54, 1.807) is 30.3 Å². The lowest BCUT2D eigenvalue weighted by Crippen LogP contribution is -1.91. The summed E-state index contributed by atoms with van der Waals surface area (Å²) in [4.78, 5) is 18.2. The molecule has 26 heavy (non-hydrogen) atoms. The van der Waals surface area contributed by atoms with Crippen molar-refractivity contribution in [1.29, 1.82) is 0 Å². The van der Waals surface area contributed by atoms with Crippen LogP contribution in [0.15, 0.2) is 52.9 Å². The Morgan fingerprint density at radius 2 is 1.96 bits per heavy atom. The topological polar surface area (TPSA) is 94.2 Å². The number of fused-ring (bicyclic) bond motifs is 1. The number of aromatic nitrogens is 2. The predicted molar refractivity (Wildman–Crippen MR) is 97.4 cm³/mol. The molecule has 130 valence electrons. The molecule has 0 aliphatic rings. The maximum absolute atomic E-state index is 11.0. The Labute approximate surface area is 152 Å². The van der Waals surface area contributed by atoms with Crippen molar-refractivity contribution in [2.75, 3.05) is 7.11 Å². The molecule has 4 rings (SSSR count). The first-order valence-corrected chi connectivity index (χ1v) is 8.01. The highest BCUT2D eigenvalue weighted by atomic mass is 35.5. The summed E-state index contributed by atoms with van der Waals surface area (Å²) in [5.41, 5.74) is 2.00. The second-order valence-corrected chi connectivity index (χ2v) is 5.99. The number of hydrogen-bond acceptors (Lipinski definition) is 5. The van der Waals surface area contributed by atoms with E-state index in [0.717, 1.165) is 11.0 Å². The molecular formula is C18H12ClN3O4. The minimum atomic E-state index is -0.463. The van der Waals surface area contributed by atoms with Gasteiger partial charge < -0.3 is 14.1 Å². The van der Waals surface area contributed by atoms with Crippen LogP contribution in [0.1, 0.15) is 0 Å². The highest BCUT2D eigenvalue weighted by Crippen LogP contribution is 2.36. The number of H-pyrrole nitrogens is 1. The van der Waals surface area contributed by atoms with Crippen molar-refractivity contribution in [3.8, 4) is 28.7 Å². The molecule has 0 aliphatic carbocycles. The van der Waals surface area contributed by atoms with Crippen LogP contribution >= 0.6 is 11.6 Å². The molecule has 0 bridgehead atoms. The number of nitrogens with zero attached hydrogens (tertiary/aromatic N) is 2. The second kappa shape index (κ2) is 6.20. The maximum atomic E-state index is 11.0. The minimum absolute atomic E-state index is 0.0443. The molecular weight excluding hydrogens is 358 g/mol. The highest BCUT2D eigenvalue weighted by molar-refractivity contribution is 6.31. The molecule has 2 aromatic heterocycles. The Morgan fingerprint density at radius 3 is 2.73 bits per heavy atom. The van der Waals surface area contributed by atoms with Crippen molar-refractivity contribution in [3.63, 3.8) is 0 Å². The van der Waals surface area contributed by atoms with Gasteiger partial charge in [-0.05, 0) is 36.4 Å². The van der Waals surface area contributed by atoms with Gasteiger partial charge in [-0.1, -0.05) is 11.6 Å². The van der Waals surface area contributed by atoms with E-state index in [1.165, 1.54) is 19.2 Å². The Hall–Kier alpha value is -3.32. The zero-order valence-electron chi connectivity index (χ0n) is 13.5. The van der Waals surface area contributed by atoms with Crippen molar-refractivity contribution < 1.29 is 14.1 Å². The number of imidazole rings is 1. The molecule has 0 unspecified atom stereocenters. The van der Waals surface area contributed by atoms with Crippen LogP contribution in [0.3, 0.4) is 0 Å². The predicted octanol–water partition coefficient (Wildman–Crippen LogP) is 5.06. The van der Waals surface area contributed by atoms with Gasteiger partial charge >= 0.3 is 0 Å². The lowest BCUT2D eigenvalue weighted by molar-refractivity contribution is -0.384. The molecule has 0 saturated heterocycles. The number of nitrogens with one attached hydrogen (secondary N) is 1.